The zero-order chi connectivity index (χ0) is 13.3. The van der Waals surface area contributed by atoms with Crippen LogP contribution in [0.3, 0.4) is 0 Å². The predicted molar refractivity (Wildman–Crippen MR) is 72.7 cm³/mol. The Morgan fingerprint density at radius 3 is 2.61 bits per heavy atom. The first-order valence-electron chi connectivity index (χ1n) is 6.47. The van der Waals surface area contributed by atoms with Crippen LogP contribution in [0.5, 0.6) is 0 Å². The van der Waals surface area contributed by atoms with Gasteiger partial charge in [0.15, 0.2) is 0 Å². The number of hydrogen-bond donors (Lipinski definition) is 1. The van der Waals surface area contributed by atoms with Crippen molar-refractivity contribution in [1.29, 1.82) is 0 Å². The lowest BCUT2D eigenvalue weighted by Crippen LogP contribution is -2.37. The summed E-state index contributed by atoms with van der Waals surface area (Å²) in [5.41, 5.74) is 2.09. The van der Waals surface area contributed by atoms with Crippen LogP contribution in [-0.2, 0) is 10.2 Å². The molecule has 0 radical (unpaired) electrons. The van der Waals surface area contributed by atoms with Crippen LogP contribution in [0.25, 0.3) is 0 Å². The molecule has 0 aliphatic carbocycles. The van der Waals surface area contributed by atoms with Crippen LogP contribution in [0.2, 0.25) is 0 Å². The van der Waals surface area contributed by atoms with Gasteiger partial charge in [0, 0.05) is 12.1 Å². The van der Waals surface area contributed by atoms with Gasteiger partial charge in [0.25, 0.3) is 0 Å². The highest BCUT2D eigenvalue weighted by Gasteiger charge is 2.34. The summed E-state index contributed by atoms with van der Waals surface area (Å²) in [6.45, 7) is 6.45. The zero-order valence-electron chi connectivity index (χ0n) is 11.3. The second-order valence-corrected chi connectivity index (χ2v) is 5.91. The van der Waals surface area contributed by atoms with Gasteiger partial charge in [-0.25, -0.2) is 0 Å². The molecule has 0 saturated carbocycles. The lowest BCUT2D eigenvalue weighted by molar-refractivity contribution is -0.117. The number of aliphatic hydroxyl groups is 1. The molecule has 0 spiro atoms. The second-order valence-electron chi connectivity index (χ2n) is 5.91. The molecule has 0 bridgehead atoms. The van der Waals surface area contributed by atoms with Crippen molar-refractivity contribution < 1.29 is 9.90 Å². The average molecular weight is 247 g/mol. The molecule has 1 N–H and O–H groups in total. The van der Waals surface area contributed by atoms with Crippen LogP contribution in [0, 0.1) is 0 Å². The van der Waals surface area contributed by atoms with Gasteiger partial charge in [-0.05, 0) is 23.5 Å². The van der Waals surface area contributed by atoms with E-state index in [9.17, 15) is 9.90 Å². The highest BCUT2D eigenvalue weighted by atomic mass is 16.3. The van der Waals surface area contributed by atoms with Gasteiger partial charge >= 0.3 is 0 Å². The van der Waals surface area contributed by atoms with Gasteiger partial charge in [-0.15, -0.1) is 0 Å². The minimum atomic E-state index is -0.0685. The molecule has 1 aliphatic heterocycles. The minimum Gasteiger partial charge on any atom is -0.394 e. The molecular formula is C15H21NO2. The first-order chi connectivity index (χ1) is 8.45. The predicted octanol–water partition coefficient (Wildman–Crippen LogP) is 2.47. The fourth-order valence-corrected chi connectivity index (χ4v) is 2.57. The smallest absolute Gasteiger partial charge is 0.227 e. The van der Waals surface area contributed by atoms with E-state index in [1.165, 1.54) is 0 Å². The van der Waals surface area contributed by atoms with Crippen molar-refractivity contribution in [3.63, 3.8) is 0 Å². The fourth-order valence-electron chi connectivity index (χ4n) is 2.57. The van der Waals surface area contributed by atoms with Crippen LogP contribution in [0.4, 0.5) is 5.69 Å². The Kier molecular flexibility index (Phi) is 3.44. The van der Waals surface area contributed by atoms with Gasteiger partial charge in [0.2, 0.25) is 5.91 Å². The largest absolute Gasteiger partial charge is 0.394 e. The van der Waals surface area contributed by atoms with Crippen molar-refractivity contribution in [3.05, 3.63) is 29.8 Å². The Morgan fingerprint density at radius 2 is 2.00 bits per heavy atom. The summed E-state index contributed by atoms with van der Waals surface area (Å²) < 4.78 is 0. The molecule has 1 heterocycles. The van der Waals surface area contributed by atoms with Crippen LogP contribution in [-0.4, -0.2) is 23.7 Å². The number of hydrogen-bond acceptors (Lipinski definition) is 2. The zero-order valence-corrected chi connectivity index (χ0v) is 11.3. The normalized spacial score (nSPS) is 20.6. The molecule has 1 amide bonds. The lowest BCUT2D eigenvalue weighted by atomic mass is 9.85. The van der Waals surface area contributed by atoms with Crippen LogP contribution in [0.15, 0.2) is 24.3 Å². The molecule has 1 atom stereocenters. The van der Waals surface area contributed by atoms with Crippen LogP contribution >= 0.6 is 0 Å². The third-order valence-corrected chi connectivity index (χ3v) is 3.51. The summed E-state index contributed by atoms with van der Waals surface area (Å²) in [5, 5.41) is 9.42. The van der Waals surface area contributed by atoms with Gasteiger partial charge in [-0.2, -0.15) is 0 Å². The number of carbonyl (C=O) groups is 1. The summed E-state index contributed by atoms with van der Waals surface area (Å²) in [4.78, 5) is 13.8. The van der Waals surface area contributed by atoms with Crippen LogP contribution in [0.1, 0.15) is 39.2 Å². The van der Waals surface area contributed by atoms with Crippen LogP contribution < -0.4 is 4.90 Å². The Bertz CT molecular complexity index is 448. The number of benzene rings is 1. The topological polar surface area (TPSA) is 40.5 Å². The quantitative estimate of drug-likeness (QED) is 0.872. The molecule has 1 saturated heterocycles. The summed E-state index contributed by atoms with van der Waals surface area (Å²) in [6.07, 6.45) is 1.28. The standard InChI is InChI=1S/C15H21NO2/c1-15(2,3)12-6-4-5-7-13(12)16-11(10-17)8-9-14(16)18/h4-7,11,17H,8-10H2,1-3H3/t11-/m0/s1. The molecule has 98 valence electrons. The van der Waals surface area contributed by atoms with Crippen molar-refractivity contribution in [2.45, 2.75) is 45.1 Å². The molecule has 1 aromatic carbocycles. The molecule has 18 heavy (non-hydrogen) atoms. The third kappa shape index (κ3) is 2.27. The van der Waals surface area contributed by atoms with E-state index in [2.05, 4.69) is 26.8 Å². The number of amides is 1. The molecule has 1 aromatic rings. The van der Waals surface area contributed by atoms with E-state index in [0.717, 1.165) is 17.7 Å². The Balaban J connectivity index is 2.47. The minimum absolute atomic E-state index is 0.0144. The maximum atomic E-state index is 12.0. The number of nitrogens with zero attached hydrogens (tertiary/aromatic N) is 1. The van der Waals surface area contributed by atoms with Crippen molar-refractivity contribution in [3.8, 4) is 0 Å². The van der Waals surface area contributed by atoms with Gasteiger partial charge in [0.1, 0.15) is 0 Å². The monoisotopic (exact) mass is 247 g/mol. The van der Waals surface area contributed by atoms with Gasteiger partial charge < -0.3 is 10.0 Å². The van der Waals surface area contributed by atoms with E-state index >= 15 is 0 Å². The molecule has 1 fully saturated rings. The molecule has 0 aromatic heterocycles. The second kappa shape index (κ2) is 4.73. The van der Waals surface area contributed by atoms with Crippen molar-refractivity contribution >= 4 is 11.6 Å². The Labute approximate surface area is 108 Å². The van der Waals surface area contributed by atoms with Gasteiger partial charge in [0.05, 0.1) is 12.6 Å². The first-order valence-corrected chi connectivity index (χ1v) is 6.47. The summed E-state index contributed by atoms with van der Waals surface area (Å²) >= 11 is 0. The first kappa shape index (κ1) is 13.1. The molecular weight excluding hydrogens is 226 g/mol. The highest BCUT2D eigenvalue weighted by Crippen LogP contribution is 2.35. The van der Waals surface area contributed by atoms with E-state index in [-0.39, 0.29) is 24.0 Å². The maximum Gasteiger partial charge on any atom is 0.227 e. The molecule has 0 unspecified atom stereocenters. The SMILES string of the molecule is CC(C)(C)c1ccccc1N1C(=O)CC[C@H]1CO. The highest BCUT2D eigenvalue weighted by molar-refractivity contribution is 5.97. The number of para-hydroxylation sites is 1. The van der Waals surface area contributed by atoms with Crippen molar-refractivity contribution in [2.75, 3.05) is 11.5 Å². The average Bonchev–Trinajstić information content (AvgIpc) is 2.69. The number of anilines is 1. The van der Waals surface area contributed by atoms with E-state index in [1.54, 1.807) is 4.90 Å². The number of aliphatic hydroxyl groups excluding tert-OH is 1. The Hall–Kier alpha value is -1.35. The third-order valence-electron chi connectivity index (χ3n) is 3.51. The molecule has 2 rings (SSSR count). The van der Waals surface area contributed by atoms with Gasteiger partial charge in [-0.3, -0.25) is 4.79 Å². The van der Waals surface area contributed by atoms with E-state index in [1.807, 2.05) is 18.2 Å². The van der Waals surface area contributed by atoms with E-state index < -0.39 is 0 Å². The van der Waals surface area contributed by atoms with E-state index in [4.69, 9.17) is 0 Å². The van der Waals surface area contributed by atoms with E-state index in [0.29, 0.717) is 6.42 Å². The summed E-state index contributed by atoms with van der Waals surface area (Å²) in [6, 6.07) is 7.92. The number of rotatable bonds is 2. The summed E-state index contributed by atoms with van der Waals surface area (Å²) in [7, 11) is 0. The Morgan fingerprint density at radius 1 is 1.33 bits per heavy atom. The molecule has 3 nitrogen and oxygen atoms in total. The van der Waals surface area contributed by atoms with Gasteiger partial charge in [-0.1, -0.05) is 39.0 Å². The molecule has 1 aliphatic rings. The van der Waals surface area contributed by atoms with Crippen molar-refractivity contribution in [2.24, 2.45) is 0 Å². The maximum absolute atomic E-state index is 12.0. The fraction of sp³-hybridized carbons (Fsp3) is 0.533. The van der Waals surface area contributed by atoms with Crippen molar-refractivity contribution in [1.82, 2.24) is 0 Å². The lowest BCUT2D eigenvalue weighted by Gasteiger charge is -2.30. The number of carbonyl (C=O) groups excluding carboxylic acids is 1. The molecule has 3 heteroatoms. The summed E-state index contributed by atoms with van der Waals surface area (Å²) in [5.74, 6) is 0.116.